The molecule has 0 saturated carbocycles. The van der Waals surface area contributed by atoms with Crippen LogP contribution in [0.2, 0.25) is 0 Å². The fourth-order valence-electron chi connectivity index (χ4n) is 5.06. The molecule has 18 heteroatoms. The lowest BCUT2D eigenvalue weighted by Gasteiger charge is -2.12. The van der Waals surface area contributed by atoms with Crippen molar-refractivity contribution in [1.29, 1.82) is 0 Å². The van der Waals surface area contributed by atoms with Crippen LogP contribution in [0.1, 0.15) is 11.4 Å². The molecule has 2 aromatic heterocycles. The Labute approximate surface area is 283 Å². The Hall–Kier alpha value is -6.08. The van der Waals surface area contributed by atoms with E-state index in [4.69, 9.17) is 0 Å². The minimum Gasteiger partial charge on any atom is -0.293 e. The van der Waals surface area contributed by atoms with Crippen LogP contribution < -0.4 is 11.1 Å². The van der Waals surface area contributed by atoms with Crippen LogP contribution in [0.3, 0.4) is 0 Å². The highest BCUT2D eigenvalue weighted by molar-refractivity contribution is 7.86. The zero-order chi connectivity index (χ0) is 35.8. The Morgan fingerprint density at radius 1 is 0.540 bits per heavy atom. The first-order chi connectivity index (χ1) is 23.7. The van der Waals surface area contributed by atoms with Crippen molar-refractivity contribution in [3.05, 3.63) is 129 Å². The molecule has 0 radical (unpaired) electrons. The van der Waals surface area contributed by atoms with Gasteiger partial charge >= 0.3 is 0 Å². The summed E-state index contributed by atoms with van der Waals surface area (Å²) in [5, 5.41) is 21.7. The van der Waals surface area contributed by atoms with Crippen LogP contribution in [-0.2, 0) is 20.2 Å². The van der Waals surface area contributed by atoms with Gasteiger partial charge in [0.05, 0.1) is 34.1 Å². The molecule has 4 N–H and O–H groups in total. The number of azo groups is 2. The molecule has 0 unspecified atom stereocenters. The van der Waals surface area contributed by atoms with Crippen LogP contribution in [0, 0.1) is 13.8 Å². The van der Waals surface area contributed by atoms with Gasteiger partial charge in [0.25, 0.3) is 31.4 Å². The van der Waals surface area contributed by atoms with Crippen LogP contribution in [0.25, 0.3) is 22.5 Å². The number of nitrogens with one attached hydrogen (secondary N) is 2. The number of para-hydroxylation sites is 2. The zero-order valence-electron chi connectivity index (χ0n) is 26.1. The lowest BCUT2D eigenvalue weighted by atomic mass is 10.0. The SMILES string of the molecule is Cc1[nH]n(-c2ccccc2)c(=O)c1N=Nc1ccc(-c2ccc(N=Nc3c(C)[nH]n(-c4ccccc4)c3=O)cc2S(=O)(=O)O)c(S(=O)(=O)O)c1. The molecular formula is C32H26N8O8S2. The van der Waals surface area contributed by atoms with Gasteiger partial charge in [-0.1, -0.05) is 48.5 Å². The van der Waals surface area contributed by atoms with Gasteiger partial charge in [-0.3, -0.25) is 28.9 Å². The summed E-state index contributed by atoms with van der Waals surface area (Å²) in [6.07, 6.45) is 0. The third kappa shape index (κ3) is 6.76. The second kappa shape index (κ2) is 13.1. The molecule has 0 aliphatic rings. The number of rotatable bonds is 9. The summed E-state index contributed by atoms with van der Waals surface area (Å²) in [4.78, 5) is 24.5. The van der Waals surface area contributed by atoms with E-state index in [-0.39, 0.29) is 33.9 Å². The second-order valence-corrected chi connectivity index (χ2v) is 13.6. The summed E-state index contributed by atoms with van der Waals surface area (Å²) in [5.74, 6) is 0. The van der Waals surface area contributed by atoms with E-state index in [1.54, 1.807) is 74.5 Å². The van der Waals surface area contributed by atoms with Gasteiger partial charge in [-0.05, 0) is 62.4 Å². The Morgan fingerprint density at radius 3 is 1.24 bits per heavy atom. The van der Waals surface area contributed by atoms with Crippen LogP contribution >= 0.6 is 0 Å². The molecule has 0 bridgehead atoms. The predicted molar refractivity (Wildman–Crippen MR) is 182 cm³/mol. The van der Waals surface area contributed by atoms with Gasteiger partial charge in [-0.15, -0.1) is 10.2 Å². The second-order valence-electron chi connectivity index (χ2n) is 10.8. The maximum atomic E-state index is 13.0. The average molecular weight is 715 g/mol. The standard InChI is InChI=1S/C32H26N8O8S2/c1-19-29(31(41)39(37-19)23-9-5-3-6-10-23)35-33-21-13-15-25(27(17-21)49(43,44)45)26-16-14-22(18-28(26)50(46,47)48)34-36-30-20(2)38-40(32(30)42)24-11-7-4-8-12-24/h3-18,37-38H,1-2H3,(H,43,44,45)(H,46,47,48). The molecule has 0 saturated heterocycles. The monoisotopic (exact) mass is 714 g/mol. The normalized spacial score (nSPS) is 12.3. The number of benzene rings is 4. The molecule has 2 heterocycles. The molecule has 4 aromatic carbocycles. The molecule has 0 aliphatic heterocycles. The van der Waals surface area contributed by atoms with Gasteiger partial charge in [0.15, 0.2) is 11.4 Å². The smallest absolute Gasteiger partial charge is 0.293 e. The minimum atomic E-state index is -5.02. The van der Waals surface area contributed by atoms with Crippen molar-refractivity contribution in [3.63, 3.8) is 0 Å². The van der Waals surface area contributed by atoms with Crippen molar-refractivity contribution in [2.75, 3.05) is 0 Å². The van der Waals surface area contributed by atoms with Gasteiger partial charge in [-0.2, -0.15) is 27.1 Å². The Morgan fingerprint density at radius 2 is 0.900 bits per heavy atom. The van der Waals surface area contributed by atoms with Gasteiger partial charge in [0.2, 0.25) is 0 Å². The molecule has 0 spiro atoms. The minimum absolute atomic E-state index is 0.0569. The number of aromatic nitrogens is 4. The predicted octanol–water partition coefficient (Wildman–Crippen LogP) is 6.25. The highest BCUT2D eigenvalue weighted by Gasteiger charge is 2.24. The van der Waals surface area contributed by atoms with E-state index in [0.29, 0.717) is 22.8 Å². The van der Waals surface area contributed by atoms with Crippen LogP contribution in [-0.4, -0.2) is 45.5 Å². The van der Waals surface area contributed by atoms with Crippen LogP contribution in [0.15, 0.2) is 137 Å². The molecule has 50 heavy (non-hydrogen) atoms. The molecule has 254 valence electrons. The average Bonchev–Trinajstić information content (AvgIpc) is 3.54. The Balaban J connectivity index is 1.37. The molecule has 16 nitrogen and oxygen atoms in total. The van der Waals surface area contributed by atoms with E-state index in [0.717, 1.165) is 24.3 Å². The quantitative estimate of drug-likeness (QED) is 0.0984. The van der Waals surface area contributed by atoms with E-state index < -0.39 is 41.1 Å². The van der Waals surface area contributed by atoms with E-state index in [1.807, 2.05) is 0 Å². The van der Waals surface area contributed by atoms with Crippen LogP contribution in [0.4, 0.5) is 22.7 Å². The number of hydrogen-bond donors (Lipinski definition) is 4. The molecule has 0 fully saturated rings. The number of aromatic amines is 2. The fourth-order valence-corrected chi connectivity index (χ4v) is 6.51. The highest BCUT2D eigenvalue weighted by atomic mass is 32.2. The number of hydrogen-bond acceptors (Lipinski definition) is 10. The van der Waals surface area contributed by atoms with Gasteiger partial charge < -0.3 is 0 Å². The van der Waals surface area contributed by atoms with Crippen molar-refractivity contribution in [2.24, 2.45) is 20.5 Å². The molecule has 0 aliphatic carbocycles. The molecule has 6 rings (SSSR count). The summed E-state index contributed by atoms with van der Waals surface area (Å²) in [6, 6.07) is 24.1. The van der Waals surface area contributed by atoms with E-state index in [1.165, 1.54) is 21.5 Å². The summed E-state index contributed by atoms with van der Waals surface area (Å²) in [7, 11) is -10.0. The summed E-state index contributed by atoms with van der Waals surface area (Å²) >= 11 is 0. The van der Waals surface area contributed by atoms with E-state index in [9.17, 15) is 35.5 Å². The maximum Gasteiger partial charge on any atom is 0.299 e. The summed E-state index contributed by atoms with van der Waals surface area (Å²) < 4.78 is 72.8. The summed E-state index contributed by atoms with van der Waals surface area (Å²) in [5.41, 5.74) is -0.128. The van der Waals surface area contributed by atoms with Gasteiger partial charge in [0, 0.05) is 11.1 Å². The highest BCUT2D eigenvalue weighted by Crippen LogP contribution is 2.37. The first-order valence-electron chi connectivity index (χ1n) is 14.5. The Bertz CT molecular complexity index is 2470. The van der Waals surface area contributed by atoms with Gasteiger partial charge in [0.1, 0.15) is 9.79 Å². The first kappa shape index (κ1) is 33.8. The first-order valence-corrected chi connectivity index (χ1v) is 17.4. The third-order valence-electron chi connectivity index (χ3n) is 7.42. The van der Waals surface area contributed by atoms with E-state index in [2.05, 4.69) is 30.7 Å². The number of aryl methyl sites for hydroxylation is 2. The fraction of sp³-hybridized carbons (Fsp3) is 0.0625. The zero-order valence-corrected chi connectivity index (χ0v) is 27.7. The van der Waals surface area contributed by atoms with Crippen molar-refractivity contribution in [3.8, 4) is 22.5 Å². The number of nitrogens with zero attached hydrogens (tertiary/aromatic N) is 6. The molecule has 6 aromatic rings. The van der Waals surface area contributed by atoms with Gasteiger partial charge in [-0.25, -0.2) is 9.36 Å². The van der Waals surface area contributed by atoms with Crippen molar-refractivity contribution < 1.29 is 25.9 Å². The maximum absolute atomic E-state index is 13.0. The summed E-state index contributed by atoms with van der Waals surface area (Å²) in [6.45, 7) is 3.20. The lowest BCUT2D eigenvalue weighted by Crippen LogP contribution is -2.13. The topological polar surface area (TPSA) is 234 Å². The van der Waals surface area contributed by atoms with Crippen molar-refractivity contribution in [1.82, 2.24) is 19.6 Å². The third-order valence-corrected chi connectivity index (χ3v) is 9.20. The van der Waals surface area contributed by atoms with Crippen LogP contribution in [0.5, 0.6) is 0 Å². The number of H-pyrrole nitrogens is 2. The van der Waals surface area contributed by atoms with E-state index >= 15 is 0 Å². The van der Waals surface area contributed by atoms with Crippen molar-refractivity contribution >= 4 is 43.0 Å². The molecular weight excluding hydrogens is 689 g/mol. The molecule has 0 atom stereocenters. The largest absolute Gasteiger partial charge is 0.299 e. The lowest BCUT2D eigenvalue weighted by molar-refractivity contribution is 0.480. The Kier molecular flexibility index (Phi) is 8.85. The molecule has 0 amide bonds. The van der Waals surface area contributed by atoms with Crippen molar-refractivity contribution in [2.45, 2.75) is 23.6 Å².